The molecule has 5 nitrogen and oxygen atoms in total. The smallest absolute Gasteiger partial charge is 0.407 e. The van der Waals surface area contributed by atoms with E-state index in [1.807, 2.05) is 32.5 Å². The SMILES string of the molecule is CC1CN(C(CN)CCNC(=O)OC(C)(C)C)CC(C)S1. The molecule has 0 aromatic heterocycles. The highest BCUT2D eigenvalue weighted by molar-refractivity contribution is 8.00. The number of hydrogen-bond acceptors (Lipinski definition) is 5. The Bertz CT molecular complexity index is 323. The predicted octanol–water partition coefficient (Wildman–Crippen LogP) is 2.05. The molecule has 6 heteroatoms. The molecule has 0 aromatic rings. The molecule has 1 aliphatic heterocycles. The van der Waals surface area contributed by atoms with Crippen molar-refractivity contribution in [2.75, 3.05) is 26.2 Å². The molecule has 0 aliphatic carbocycles. The lowest BCUT2D eigenvalue weighted by Crippen LogP contribution is -2.50. The number of hydrogen-bond donors (Lipinski definition) is 2. The van der Waals surface area contributed by atoms with Gasteiger partial charge in [-0.05, 0) is 27.2 Å². The monoisotopic (exact) mass is 317 g/mol. The molecule has 1 amide bonds. The van der Waals surface area contributed by atoms with Gasteiger partial charge < -0.3 is 15.8 Å². The molecule has 1 rings (SSSR count). The second kappa shape index (κ2) is 8.25. The fraction of sp³-hybridized carbons (Fsp3) is 0.933. The molecule has 0 saturated carbocycles. The summed E-state index contributed by atoms with van der Waals surface area (Å²) in [4.78, 5) is 14.1. The number of nitrogens with one attached hydrogen (secondary N) is 1. The van der Waals surface area contributed by atoms with Crippen LogP contribution in [0.15, 0.2) is 0 Å². The van der Waals surface area contributed by atoms with Gasteiger partial charge in [-0.15, -0.1) is 0 Å². The summed E-state index contributed by atoms with van der Waals surface area (Å²) < 4.78 is 5.23. The summed E-state index contributed by atoms with van der Waals surface area (Å²) in [6.07, 6.45) is 0.508. The van der Waals surface area contributed by atoms with Crippen LogP contribution in [0.3, 0.4) is 0 Å². The van der Waals surface area contributed by atoms with Gasteiger partial charge >= 0.3 is 6.09 Å². The molecule has 1 saturated heterocycles. The molecule has 1 heterocycles. The first-order valence-corrected chi connectivity index (χ1v) is 8.72. The van der Waals surface area contributed by atoms with E-state index in [1.54, 1.807) is 0 Å². The minimum absolute atomic E-state index is 0.325. The van der Waals surface area contributed by atoms with Gasteiger partial charge in [-0.25, -0.2) is 4.79 Å². The lowest BCUT2D eigenvalue weighted by atomic mass is 10.1. The second-order valence-electron chi connectivity index (χ2n) is 6.82. The van der Waals surface area contributed by atoms with E-state index in [-0.39, 0.29) is 6.09 Å². The van der Waals surface area contributed by atoms with Crippen molar-refractivity contribution in [3.63, 3.8) is 0 Å². The molecule has 21 heavy (non-hydrogen) atoms. The number of carbonyl (C=O) groups is 1. The van der Waals surface area contributed by atoms with E-state index in [0.717, 1.165) is 19.5 Å². The highest BCUT2D eigenvalue weighted by atomic mass is 32.2. The molecule has 0 aromatic carbocycles. The third-order valence-corrected chi connectivity index (χ3v) is 4.61. The van der Waals surface area contributed by atoms with Crippen molar-refractivity contribution in [3.05, 3.63) is 0 Å². The van der Waals surface area contributed by atoms with Crippen molar-refractivity contribution in [1.29, 1.82) is 0 Å². The Morgan fingerprint density at radius 3 is 2.43 bits per heavy atom. The first-order valence-electron chi connectivity index (χ1n) is 7.77. The summed E-state index contributed by atoms with van der Waals surface area (Å²) >= 11 is 2.04. The summed E-state index contributed by atoms with van der Waals surface area (Å²) in [5, 5.41) is 4.10. The minimum atomic E-state index is -0.452. The van der Waals surface area contributed by atoms with Crippen molar-refractivity contribution in [2.45, 2.75) is 63.2 Å². The molecule has 1 fully saturated rings. The molecule has 0 bridgehead atoms. The summed E-state index contributed by atoms with van der Waals surface area (Å²) in [5.74, 6) is 0. The maximum Gasteiger partial charge on any atom is 0.407 e. The van der Waals surface area contributed by atoms with Gasteiger partial charge in [0, 0.05) is 42.7 Å². The van der Waals surface area contributed by atoms with Crippen LogP contribution in [0.25, 0.3) is 0 Å². The Hall–Kier alpha value is -0.460. The van der Waals surface area contributed by atoms with Crippen LogP contribution in [0, 0.1) is 0 Å². The van der Waals surface area contributed by atoms with E-state index in [4.69, 9.17) is 10.5 Å². The molecule has 3 atom stereocenters. The van der Waals surface area contributed by atoms with E-state index in [9.17, 15) is 4.79 Å². The number of carbonyl (C=O) groups excluding carboxylic acids is 1. The van der Waals surface area contributed by atoms with Crippen molar-refractivity contribution in [2.24, 2.45) is 5.73 Å². The topological polar surface area (TPSA) is 67.6 Å². The Kier molecular flexibility index (Phi) is 7.30. The van der Waals surface area contributed by atoms with Gasteiger partial charge in [0.1, 0.15) is 5.60 Å². The number of nitrogens with zero attached hydrogens (tertiary/aromatic N) is 1. The van der Waals surface area contributed by atoms with Crippen molar-refractivity contribution < 1.29 is 9.53 Å². The van der Waals surface area contributed by atoms with E-state index in [2.05, 4.69) is 24.1 Å². The largest absolute Gasteiger partial charge is 0.444 e. The number of nitrogens with two attached hydrogens (primary N) is 1. The zero-order valence-electron chi connectivity index (χ0n) is 14.0. The summed E-state index contributed by atoms with van der Waals surface area (Å²) in [6.45, 7) is 13.5. The maximum atomic E-state index is 11.6. The first-order chi connectivity index (χ1) is 9.71. The predicted molar refractivity (Wildman–Crippen MR) is 89.8 cm³/mol. The van der Waals surface area contributed by atoms with Gasteiger partial charge in [-0.1, -0.05) is 13.8 Å². The van der Waals surface area contributed by atoms with Crippen molar-refractivity contribution in [3.8, 4) is 0 Å². The highest BCUT2D eigenvalue weighted by Crippen LogP contribution is 2.26. The molecule has 3 unspecified atom stereocenters. The van der Waals surface area contributed by atoms with E-state index < -0.39 is 5.60 Å². The van der Waals surface area contributed by atoms with Gasteiger partial charge in [0.05, 0.1) is 0 Å². The number of ether oxygens (including phenoxy) is 1. The summed E-state index contributed by atoms with van der Waals surface area (Å²) in [5.41, 5.74) is 5.47. The standard InChI is InChI=1S/C15H31N3O2S/c1-11-9-18(10-12(2)21-11)13(8-16)6-7-17-14(19)20-15(3,4)5/h11-13H,6-10,16H2,1-5H3,(H,17,19). The normalized spacial score (nSPS) is 25.4. The first kappa shape index (κ1) is 18.6. The second-order valence-corrected chi connectivity index (χ2v) is 8.70. The average Bonchev–Trinajstić information content (AvgIpc) is 2.31. The Labute approximate surface area is 133 Å². The van der Waals surface area contributed by atoms with E-state index in [0.29, 0.717) is 29.6 Å². The van der Waals surface area contributed by atoms with Gasteiger partial charge in [-0.3, -0.25) is 4.90 Å². The van der Waals surface area contributed by atoms with Gasteiger partial charge in [-0.2, -0.15) is 11.8 Å². The molecule has 0 radical (unpaired) electrons. The molecule has 3 N–H and O–H groups in total. The number of rotatable bonds is 5. The van der Waals surface area contributed by atoms with Crippen LogP contribution in [0.1, 0.15) is 41.0 Å². The third kappa shape index (κ3) is 7.38. The Balaban J connectivity index is 2.35. The van der Waals surface area contributed by atoms with Crippen LogP contribution >= 0.6 is 11.8 Å². The third-order valence-electron chi connectivity index (χ3n) is 3.38. The zero-order chi connectivity index (χ0) is 16.0. The number of amides is 1. The van der Waals surface area contributed by atoms with E-state index >= 15 is 0 Å². The Morgan fingerprint density at radius 1 is 1.38 bits per heavy atom. The fourth-order valence-corrected chi connectivity index (χ4v) is 3.97. The van der Waals surface area contributed by atoms with Crippen LogP contribution in [0.2, 0.25) is 0 Å². The maximum absolute atomic E-state index is 11.6. The lowest BCUT2D eigenvalue weighted by molar-refractivity contribution is 0.0521. The molecule has 124 valence electrons. The Morgan fingerprint density at radius 2 is 1.95 bits per heavy atom. The lowest BCUT2D eigenvalue weighted by Gasteiger charge is -2.39. The highest BCUT2D eigenvalue weighted by Gasteiger charge is 2.27. The van der Waals surface area contributed by atoms with Crippen molar-refractivity contribution >= 4 is 17.9 Å². The fourth-order valence-electron chi connectivity index (χ4n) is 2.62. The van der Waals surface area contributed by atoms with Gasteiger partial charge in [0.25, 0.3) is 0 Å². The summed E-state index contributed by atoms with van der Waals surface area (Å²) in [6, 6.07) is 0.325. The van der Waals surface area contributed by atoms with Crippen LogP contribution in [0.5, 0.6) is 0 Å². The summed E-state index contributed by atoms with van der Waals surface area (Å²) in [7, 11) is 0. The van der Waals surface area contributed by atoms with Crippen LogP contribution in [-0.4, -0.2) is 59.3 Å². The van der Waals surface area contributed by atoms with Crippen molar-refractivity contribution in [1.82, 2.24) is 10.2 Å². The zero-order valence-corrected chi connectivity index (χ0v) is 14.8. The molecular formula is C15H31N3O2S. The minimum Gasteiger partial charge on any atom is -0.444 e. The average molecular weight is 317 g/mol. The van der Waals surface area contributed by atoms with Crippen LogP contribution in [0.4, 0.5) is 4.79 Å². The van der Waals surface area contributed by atoms with Crippen LogP contribution < -0.4 is 11.1 Å². The van der Waals surface area contributed by atoms with Crippen LogP contribution in [-0.2, 0) is 4.74 Å². The van der Waals surface area contributed by atoms with Gasteiger partial charge in [0.15, 0.2) is 0 Å². The van der Waals surface area contributed by atoms with Gasteiger partial charge in [0.2, 0.25) is 0 Å². The molecule has 0 spiro atoms. The molecule has 1 aliphatic rings. The number of alkyl carbamates (subject to hydrolysis) is 1. The molecular weight excluding hydrogens is 286 g/mol. The quantitative estimate of drug-likeness (QED) is 0.812. The van der Waals surface area contributed by atoms with E-state index in [1.165, 1.54) is 0 Å². The number of thioether (sulfide) groups is 1.